The first-order chi connectivity index (χ1) is 7.94. The van der Waals surface area contributed by atoms with Crippen molar-refractivity contribution >= 4 is 22.6 Å². The first-order valence-electron chi connectivity index (χ1n) is 5.71. The van der Waals surface area contributed by atoms with E-state index in [1.807, 2.05) is 13.0 Å². The maximum absolute atomic E-state index is 13.2. The molecule has 4 heteroatoms. The molecule has 2 rings (SSSR count). The Balaban J connectivity index is 2.18. The quantitative estimate of drug-likeness (QED) is 0.821. The summed E-state index contributed by atoms with van der Waals surface area (Å²) in [5, 5.41) is 4.07. The molecule has 0 amide bonds. The first kappa shape index (κ1) is 12.4. The fraction of sp³-hybridized carbons (Fsp3) is 0.462. The molecule has 0 fully saturated rings. The zero-order valence-corrected chi connectivity index (χ0v) is 11.2. The van der Waals surface area contributed by atoms with Gasteiger partial charge in [0, 0.05) is 11.4 Å². The molecule has 0 aromatic heterocycles. The predicted octanol–water partition coefficient (Wildman–Crippen LogP) is 3.82. The van der Waals surface area contributed by atoms with Crippen LogP contribution >= 0.6 is 11.8 Å². The van der Waals surface area contributed by atoms with E-state index < -0.39 is 0 Å². The lowest BCUT2D eigenvalue weighted by molar-refractivity contribution is 0.507. The number of nitrogens with one attached hydrogen (secondary N) is 1. The lowest BCUT2D eigenvalue weighted by atomic mass is 10.0. The Labute approximate surface area is 106 Å². The Hall–Kier alpha value is -1.03. The average Bonchev–Trinajstić information content (AvgIpc) is 2.13. The molecule has 1 aliphatic heterocycles. The summed E-state index contributed by atoms with van der Waals surface area (Å²) < 4.78 is 13.2. The number of thioether (sulfide) groups is 1. The van der Waals surface area contributed by atoms with Crippen LogP contribution in [0.3, 0.4) is 0 Å². The monoisotopic (exact) mass is 252 g/mol. The highest BCUT2D eigenvalue weighted by Crippen LogP contribution is 2.27. The van der Waals surface area contributed by atoms with Crippen LogP contribution in [0.4, 0.5) is 10.1 Å². The van der Waals surface area contributed by atoms with Gasteiger partial charge in [-0.3, -0.25) is 4.99 Å². The highest BCUT2D eigenvalue weighted by Gasteiger charge is 2.22. The predicted molar refractivity (Wildman–Crippen MR) is 73.3 cm³/mol. The second-order valence-corrected chi connectivity index (χ2v) is 6.05. The van der Waals surface area contributed by atoms with Crippen LogP contribution in [0, 0.1) is 12.7 Å². The number of amidine groups is 1. The van der Waals surface area contributed by atoms with Gasteiger partial charge in [0.1, 0.15) is 5.82 Å². The van der Waals surface area contributed by atoms with Crippen LogP contribution in [-0.4, -0.2) is 16.5 Å². The summed E-state index contributed by atoms with van der Waals surface area (Å²) in [6.07, 6.45) is 1.07. The van der Waals surface area contributed by atoms with Gasteiger partial charge >= 0.3 is 0 Å². The largest absolute Gasteiger partial charge is 0.335 e. The lowest BCUT2D eigenvalue weighted by Crippen LogP contribution is -2.27. The smallest absolute Gasteiger partial charge is 0.161 e. The number of aryl methyl sites for hydroxylation is 1. The third-order valence-corrected chi connectivity index (χ3v) is 3.53. The van der Waals surface area contributed by atoms with Crippen molar-refractivity contribution in [2.24, 2.45) is 4.99 Å². The Morgan fingerprint density at radius 2 is 2.12 bits per heavy atom. The molecular formula is C13H17FN2S. The van der Waals surface area contributed by atoms with Gasteiger partial charge in [0.05, 0.1) is 5.54 Å². The minimum absolute atomic E-state index is 0.0179. The molecule has 0 bridgehead atoms. The van der Waals surface area contributed by atoms with Gasteiger partial charge in [-0.25, -0.2) is 4.39 Å². The Kier molecular flexibility index (Phi) is 3.43. The maximum atomic E-state index is 13.2. The average molecular weight is 252 g/mol. The topological polar surface area (TPSA) is 24.4 Å². The van der Waals surface area contributed by atoms with E-state index in [4.69, 9.17) is 0 Å². The van der Waals surface area contributed by atoms with Gasteiger partial charge in [0.2, 0.25) is 0 Å². The van der Waals surface area contributed by atoms with Crippen LogP contribution in [0.15, 0.2) is 23.2 Å². The van der Waals surface area contributed by atoms with E-state index in [9.17, 15) is 4.39 Å². The molecule has 1 aromatic carbocycles. The van der Waals surface area contributed by atoms with Crippen LogP contribution in [-0.2, 0) is 0 Å². The molecule has 0 saturated carbocycles. The molecule has 1 heterocycles. The second-order valence-electron chi connectivity index (χ2n) is 4.97. The summed E-state index contributed by atoms with van der Waals surface area (Å²) in [6, 6.07) is 4.94. The van der Waals surface area contributed by atoms with Crippen LogP contribution < -0.4 is 5.32 Å². The number of nitrogens with zero attached hydrogens (tertiary/aromatic N) is 1. The summed E-state index contributed by atoms with van der Waals surface area (Å²) in [4.78, 5) is 4.61. The van der Waals surface area contributed by atoms with Gasteiger partial charge in [-0.05, 0) is 51.0 Å². The van der Waals surface area contributed by atoms with Crippen molar-refractivity contribution in [2.75, 3.05) is 11.1 Å². The fourth-order valence-electron chi connectivity index (χ4n) is 1.76. The van der Waals surface area contributed by atoms with Gasteiger partial charge in [-0.15, -0.1) is 0 Å². The lowest BCUT2D eigenvalue weighted by Gasteiger charge is -2.26. The SMILES string of the molecule is Cc1cc(F)cc(NC2=NC(C)(C)CCS2)c1. The van der Waals surface area contributed by atoms with Crippen molar-refractivity contribution in [2.45, 2.75) is 32.7 Å². The molecule has 1 N–H and O–H groups in total. The van der Waals surface area contributed by atoms with Crippen molar-refractivity contribution < 1.29 is 4.39 Å². The molecule has 92 valence electrons. The number of anilines is 1. The van der Waals surface area contributed by atoms with Crippen LogP contribution in [0.25, 0.3) is 0 Å². The number of halogens is 1. The Morgan fingerprint density at radius 1 is 1.35 bits per heavy atom. The van der Waals surface area contributed by atoms with Crippen molar-refractivity contribution in [3.05, 3.63) is 29.6 Å². The minimum Gasteiger partial charge on any atom is -0.335 e. The Bertz CT molecular complexity index is 434. The number of hydrogen-bond acceptors (Lipinski definition) is 3. The van der Waals surface area contributed by atoms with Gasteiger partial charge in [0.25, 0.3) is 0 Å². The zero-order valence-electron chi connectivity index (χ0n) is 10.4. The van der Waals surface area contributed by atoms with Gasteiger partial charge < -0.3 is 5.32 Å². The summed E-state index contributed by atoms with van der Waals surface area (Å²) in [7, 11) is 0. The number of rotatable bonds is 1. The second kappa shape index (κ2) is 4.69. The number of benzene rings is 1. The molecule has 2 nitrogen and oxygen atoms in total. The third-order valence-electron chi connectivity index (χ3n) is 2.65. The highest BCUT2D eigenvalue weighted by atomic mass is 32.2. The van der Waals surface area contributed by atoms with E-state index >= 15 is 0 Å². The van der Waals surface area contributed by atoms with Gasteiger partial charge in [0.15, 0.2) is 5.17 Å². The summed E-state index contributed by atoms with van der Waals surface area (Å²) >= 11 is 1.69. The van der Waals surface area contributed by atoms with Crippen molar-refractivity contribution in [1.82, 2.24) is 0 Å². The molecule has 0 unspecified atom stereocenters. The highest BCUT2D eigenvalue weighted by molar-refractivity contribution is 8.14. The van der Waals surface area contributed by atoms with Gasteiger partial charge in [-0.2, -0.15) is 0 Å². The van der Waals surface area contributed by atoms with Crippen molar-refractivity contribution in [3.63, 3.8) is 0 Å². The minimum atomic E-state index is -0.215. The third kappa shape index (κ3) is 3.46. The molecular weight excluding hydrogens is 235 g/mol. The van der Waals surface area contributed by atoms with E-state index in [1.54, 1.807) is 11.8 Å². The van der Waals surface area contributed by atoms with E-state index in [-0.39, 0.29) is 11.4 Å². The fourth-order valence-corrected chi connectivity index (χ4v) is 3.05. The standard InChI is InChI=1S/C13H17FN2S/c1-9-6-10(14)8-11(7-9)15-12-16-13(2,3)4-5-17-12/h6-8H,4-5H2,1-3H3,(H,15,16). The normalized spacial score (nSPS) is 18.7. The van der Waals surface area contributed by atoms with Crippen molar-refractivity contribution in [3.8, 4) is 0 Å². The molecule has 1 aromatic rings. The van der Waals surface area contributed by atoms with E-state index in [0.29, 0.717) is 0 Å². The Morgan fingerprint density at radius 3 is 2.76 bits per heavy atom. The van der Waals surface area contributed by atoms with Crippen LogP contribution in [0.2, 0.25) is 0 Å². The molecule has 0 radical (unpaired) electrons. The maximum Gasteiger partial charge on any atom is 0.161 e. The molecule has 17 heavy (non-hydrogen) atoms. The summed E-state index contributed by atoms with van der Waals surface area (Å²) in [5.41, 5.74) is 1.66. The van der Waals surface area contributed by atoms with E-state index in [2.05, 4.69) is 24.2 Å². The van der Waals surface area contributed by atoms with Gasteiger partial charge in [-0.1, -0.05) is 11.8 Å². The van der Waals surface area contributed by atoms with E-state index in [0.717, 1.165) is 28.6 Å². The summed E-state index contributed by atoms with van der Waals surface area (Å²) in [6.45, 7) is 6.12. The van der Waals surface area contributed by atoms with Crippen LogP contribution in [0.1, 0.15) is 25.8 Å². The van der Waals surface area contributed by atoms with E-state index in [1.165, 1.54) is 12.1 Å². The number of hydrogen-bond donors (Lipinski definition) is 1. The van der Waals surface area contributed by atoms with Crippen LogP contribution in [0.5, 0.6) is 0 Å². The molecule has 0 saturated heterocycles. The first-order valence-corrected chi connectivity index (χ1v) is 6.70. The molecule has 0 spiro atoms. The van der Waals surface area contributed by atoms with Crippen molar-refractivity contribution in [1.29, 1.82) is 0 Å². The number of aliphatic imine (C=N–C) groups is 1. The molecule has 0 aliphatic carbocycles. The molecule has 1 aliphatic rings. The molecule has 0 atom stereocenters. The summed E-state index contributed by atoms with van der Waals surface area (Å²) in [5.74, 6) is 0.834. The zero-order chi connectivity index (χ0) is 12.5.